The third-order valence-corrected chi connectivity index (χ3v) is 3.25. The molecule has 3 N–H and O–H groups in total. The molecular formula is C13H19N5O2S. The molecule has 0 amide bonds. The summed E-state index contributed by atoms with van der Waals surface area (Å²) in [6.45, 7) is 0.711. The minimum Gasteiger partial charge on any atom is -0.481 e. The number of nitrogens with one attached hydrogen (secondary N) is 2. The molecule has 0 saturated carbocycles. The number of rotatable bonds is 10. The van der Waals surface area contributed by atoms with Gasteiger partial charge in [0.1, 0.15) is 5.70 Å². The van der Waals surface area contributed by atoms with Crippen molar-refractivity contribution in [3.63, 3.8) is 0 Å². The Balaban J connectivity index is 2.37. The van der Waals surface area contributed by atoms with E-state index in [2.05, 4.69) is 20.4 Å². The fourth-order valence-corrected chi connectivity index (χ4v) is 1.90. The molecule has 0 bridgehead atoms. The van der Waals surface area contributed by atoms with E-state index in [4.69, 9.17) is 10.6 Å². The van der Waals surface area contributed by atoms with Crippen LogP contribution in [-0.4, -0.2) is 33.8 Å². The highest BCUT2D eigenvalue weighted by molar-refractivity contribution is 7.98. The summed E-state index contributed by atoms with van der Waals surface area (Å²) in [5, 5.41) is 15.7. The molecule has 0 radical (unpaired) electrons. The number of thioether (sulfide) groups is 1. The van der Waals surface area contributed by atoms with Crippen molar-refractivity contribution in [1.29, 1.82) is 5.53 Å². The normalized spacial score (nSPS) is 11.2. The first-order chi connectivity index (χ1) is 10.2. The lowest BCUT2D eigenvalue weighted by atomic mass is 10.2. The second kappa shape index (κ2) is 9.87. The Morgan fingerprint density at radius 2 is 2.14 bits per heavy atom. The van der Waals surface area contributed by atoms with Crippen LogP contribution in [0.25, 0.3) is 5.70 Å². The smallest absolute Gasteiger partial charge is 0.303 e. The lowest BCUT2D eigenvalue weighted by Gasteiger charge is -2.03. The summed E-state index contributed by atoms with van der Waals surface area (Å²) in [4.78, 5) is 18.6. The zero-order valence-electron chi connectivity index (χ0n) is 11.9. The molecule has 1 heterocycles. The van der Waals surface area contributed by atoms with Crippen LogP contribution >= 0.6 is 11.8 Å². The average Bonchev–Trinajstić information content (AvgIpc) is 2.50. The van der Waals surface area contributed by atoms with Crippen LogP contribution in [-0.2, 0) is 4.79 Å². The van der Waals surface area contributed by atoms with Crippen molar-refractivity contribution in [2.75, 3.05) is 12.8 Å². The predicted molar refractivity (Wildman–Crippen MR) is 81.0 cm³/mol. The lowest BCUT2D eigenvalue weighted by molar-refractivity contribution is -0.137. The fourth-order valence-electron chi connectivity index (χ4n) is 1.58. The molecule has 8 heteroatoms. The first-order valence-electron chi connectivity index (χ1n) is 6.56. The maximum Gasteiger partial charge on any atom is 0.303 e. The van der Waals surface area contributed by atoms with E-state index in [0.29, 0.717) is 29.4 Å². The van der Waals surface area contributed by atoms with Gasteiger partial charge in [0.2, 0.25) is 0 Å². The molecule has 0 aliphatic heterocycles. The van der Waals surface area contributed by atoms with Crippen LogP contribution in [0.4, 0.5) is 0 Å². The Hall–Kier alpha value is -1.96. The number of hydrogen-bond acceptors (Lipinski definition) is 7. The Labute approximate surface area is 127 Å². The summed E-state index contributed by atoms with van der Waals surface area (Å²) in [6.07, 6.45) is 9.44. The lowest BCUT2D eigenvalue weighted by Crippen LogP contribution is -2.08. The maximum absolute atomic E-state index is 10.3. The van der Waals surface area contributed by atoms with Gasteiger partial charge in [-0.2, -0.15) is 5.11 Å². The maximum atomic E-state index is 10.3. The monoisotopic (exact) mass is 309 g/mol. The highest BCUT2D eigenvalue weighted by Crippen LogP contribution is 2.15. The van der Waals surface area contributed by atoms with Gasteiger partial charge >= 0.3 is 5.97 Å². The van der Waals surface area contributed by atoms with E-state index in [1.807, 2.05) is 6.26 Å². The van der Waals surface area contributed by atoms with Gasteiger partial charge < -0.3 is 10.4 Å². The summed E-state index contributed by atoms with van der Waals surface area (Å²) in [6, 6.07) is 0. The summed E-state index contributed by atoms with van der Waals surface area (Å²) in [7, 11) is 0. The van der Waals surface area contributed by atoms with Crippen molar-refractivity contribution >= 4 is 23.4 Å². The van der Waals surface area contributed by atoms with Crippen molar-refractivity contribution in [3.8, 4) is 0 Å². The van der Waals surface area contributed by atoms with Crippen molar-refractivity contribution < 1.29 is 9.90 Å². The Morgan fingerprint density at radius 1 is 1.43 bits per heavy atom. The molecular weight excluding hydrogens is 290 g/mol. The Bertz CT molecular complexity index is 490. The molecule has 0 spiro atoms. The van der Waals surface area contributed by atoms with Gasteiger partial charge in [-0.3, -0.25) is 4.79 Å². The second-order valence-corrected chi connectivity index (χ2v) is 5.03. The van der Waals surface area contributed by atoms with E-state index in [1.165, 1.54) is 11.8 Å². The summed E-state index contributed by atoms with van der Waals surface area (Å²) in [5.41, 5.74) is 8.33. The van der Waals surface area contributed by atoms with Gasteiger partial charge in [0, 0.05) is 37.1 Å². The van der Waals surface area contributed by atoms with E-state index >= 15 is 0 Å². The van der Waals surface area contributed by atoms with E-state index in [0.717, 1.165) is 12.8 Å². The van der Waals surface area contributed by atoms with Gasteiger partial charge in [0.25, 0.3) is 0 Å². The first kappa shape index (κ1) is 17.1. The number of aromatic nitrogens is 2. The average molecular weight is 309 g/mol. The second-order valence-electron chi connectivity index (χ2n) is 4.26. The molecule has 114 valence electrons. The van der Waals surface area contributed by atoms with Gasteiger partial charge in [-0.15, -0.1) is 0 Å². The number of unbranched alkanes of at least 4 members (excludes halogenated alkanes) is 2. The van der Waals surface area contributed by atoms with Crippen LogP contribution < -0.4 is 5.32 Å². The molecule has 0 aromatic carbocycles. The molecule has 21 heavy (non-hydrogen) atoms. The summed E-state index contributed by atoms with van der Waals surface area (Å²) >= 11 is 1.45. The summed E-state index contributed by atoms with van der Waals surface area (Å²) in [5.74, 6) is -0.758. The SMILES string of the molecule is CSc1ncc(/C(=C/NCCCCCC(=O)O)N=N)cn1. The number of hydrogen-bond donors (Lipinski definition) is 3. The van der Waals surface area contributed by atoms with Crippen molar-refractivity contribution in [2.45, 2.75) is 30.8 Å². The van der Waals surface area contributed by atoms with Crippen LogP contribution in [0.15, 0.2) is 28.9 Å². The molecule has 0 aliphatic carbocycles. The molecule has 0 fully saturated rings. The van der Waals surface area contributed by atoms with E-state index in [9.17, 15) is 4.79 Å². The third kappa shape index (κ3) is 6.84. The van der Waals surface area contributed by atoms with Gasteiger partial charge in [0.05, 0.1) is 0 Å². The largest absolute Gasteiger partial charge is 0.481 e. The quantitative estimate of drug-likeness (QED) is 0.265. The molecule has 7 nitrogen and oxygen atoms in total. The minimum atomic E-state index is -0.758. The van der Waals surface area contributed by atoms with E-state index in [-0.39, 0.29) is 6.42 Å². The molecule has 1 rings (SSSR count). The molecule has 0 saturated heterocycles. The van der Waals surface area contributed by atoms with Crippen LogP contribution in [0.2, 0.25) is 0 Å². The molecule has 1 aromatic rings. The Kier molecular flexibility index (Phi) is 8.03. The van der Waals surface area contributed by atoms with Crippen molar-refractivity contribution in [1.82, 2.24) is 15.3 Å². The Morgan fingerprint density at radius 3 is 2.71 bits per heavy atom. The van der Waals surface area contributed by atoms with Crippen molar-refractivity contribution in [2.24, 2.45) is 5.11 Å². The van der Waals surface area contributed by atoms with Gasteiger partial charge in [-0.1, -0.05) is 18.2 Å². The highest BCUT2D eigenvalue weighted by Gasteiger charge is 2.02. The van der Waals surface area contributed by atoms with E-state index < -0.39 is 5.97 Å². The van der Waals surface area contributed by atoms with Crippen LogP contribution in [0.1, 0.15) is 31.2 Å². The zero-order valence-corrected chi connectivity index (χ0v) is 12.7. The summed E-state index contributed by atoms with van der Waals surface area (Å²) < 4.78 is 0. The number of nitrogens with zero attached hydrogens (tertiary/aromatic N) is 3. The van der Waals surface area contributed by atoms with Crippen LogP contribution in [0.5, 0.6) is 0 Å². The number of carbonyl (C=O) groups is 1. The standard InChI is InChI=1S/C13H19N5O2S/c1-21-13-16-7-10(8-17-13)11(18-14)9-15-6-4-2-3-5-12(19)20/h7-9,14-15H,2-6H2,1H3,(H,19,20)/b11-9-,18-14?. The predicted octanol–water partition coefficient (Wildman–Crippen LogP) is 2.76. The highest BCUT2D eigenvalue weighted by atomic mass is 32.2. The number of aliphatic carboxylic acids is 1. The molecule has 0 aliphatic rings. The van der Waals surface area contributed by atoms with E-state index in [1.54, 1.807) is 18.6 Å². The van der Waals surface area contributed by atoms with Gasteiger partial charge in [0.15, 0.2) is 5.16 Å². The van der Waals surface area contributed by atoms with Crippen molar-refractivity contribution in [3.05, 3.63) is 24.2 Å². The third-order valence-electron chi connectivity index (χ3n) is 2.68. The number of carboxylic acids is 1. The molecule has 0 atom stereocenters. The minimum absolute atomic E-state index is 0.211. The zero-order chi connectivity index (χ0) is 15.5. The first-order valence-corrected chi connectivity index (χ1v) is 7.79. The van der Waals surface area contributed by atoms with Gasteiger partial charge in [-0.25, -0.2) is 15.5 Å². The molecule has 0 unspecified atom stereocenters. The van der Waals surface area contributed by atoms with Crippen LogP contribution in [0, 0.1) is 5.53 Å². The fraction of sp³-hybridized carbons (Fsp3) is 0.462. The van der Waals surface area contributed by atoms with Gasteiger partial charge in [-0.05, 0) is 19.1 Å². The number of carboxylic acid groups (broad SMARTS) is 1. The topological polar surface area (TPSA) is 111 Å². The molecule has 1 aromatic heterocycles. The van der Waals surface area contributed by atoms with Crippen LogP contribution in [0.3, 0.4) is 0 Å².